The molecule has 0 saturated carbocycles. The summed E-state index contributed by atoms with van der Waals surface area (Å²) in [5.41, 5.74) is -0.347. The quantitative estimate of drug-likeness (QED) is 0.0811. The van der Waals surface area contributed by atoms with Crippen LogP contribution in [0.15, 0.2) is 113 Å². The van der Waals surface area contributed by atoms with Crippen molar-refractivity contribution in [2.24, 2.45) is 5.41 Å². The molecule has 0 bridgehead atoms. The standard InChI is InChI=1S/C35H36N4O8S2/c1-46-32-10-6-5-9-29(32)26-13-16-35(17-14-26,18-15-33(40)38-20-22-47-23-21-38)34(41)37-49(44,45)28-11-12-30(31(25-28)39(42)43)36-19-24-48-27-7-3-2-4-8-27/h2-16,18,25,36H,17,19-24H2,1H3,(H,37,41)/b18-15+. The van der Waals surface area contributed by atoms with E-state index in [1.807, 2.05) is 48.5 Å². The van der Waals surface area contributed by atoms with Crippen molar-refractivity contribution in [3.63, 3.8) is 0 Å². The number of rotatable bonds is 13. The molecule has 0 radical (unpaired) electrons. The second-order valence-electron chi connectivity index (χ2n) is 11.2. The van der Waals surface area contributed by atoms with Gasteiger partial charge in [0.25, 0.3) is 15.7 Å². The number of carbonyl (C=O) groups excluding carboxylic acids is 2. The zero-order valence-electron chi connectivity index (χ0n) is 26.7. The summed E-state index contributed by atoms with van der Waals surface area (Å²) in [6.45, 7) is 1.95. The van der Waals surface area contributed by atoms with E-state index in [-0.39, 0.29) is 18.0 Å². The van der Waals surface area contributed by atoms with Gasteiger partial charge in [-0.15, -0.1) is 11.8 Å². The topological polar surface area (TPSA) is 157 Å². The summed E-state index contributed by atoms with van der Waals surface area (Å²) < 4.78 is 40.0. The molecule has 1 aliphatic carbocycles. The van der Waals surface area contributed by atoms with Crippen molar-refractivity contribution in [1.82, 2.24) is 9.62 Å². The number of nitrogens with one attached hydrogen (secondary N) is 2. The van der Waals surface area contributed by atoms with E-state index in [2.05, 4.69) is 10.0 Å². The van der Waals surface area contributed by atoms with Crippen LogP contribution in [0.5, 0.6) is 5.75 Å². The molecule has 49 heavy (non-hydrogen) atoms. The first-order valence-electron chi connectivity index (χ1n) is 15.5. The van der Waals surface area contributed by atoms with Gasteiger partial charge in [-0.25, -0.2) is 13.1 Å². The Labute approximate surface area is 289 Å². The van der Waals surface area contributed by atoms with E-state index < -0.39 is 36.9 Å². The number of thioether (sulfide) groups is 1. The largest absolute Gasteiger partial charge is 0.496 e. The van der Waals surface area contributed by atoms with Crippen LogP contribution in [0, 0.1) is 15.5 Å². The molecule has 3 aromatic carbocycles. The predicted octanol–water partition coefficient (Wildman–Crippen LogP) is 5.06. The van der Waals surface area contributed by atoms with Gasteiger partial charge in [0.05, 0.1) is 35.6 Å². The van der Waals surface area contributed by atoms with E-state index >= 15 is 0 Å². The van der Waals surface area contributed by atoms with Crippen LogP contribution in [0.3, 0.4) is 0 Å². The number of nitro groups is 1. The van der Waals surface area contributed by atoms with Crippen molar-refractivity contribution in [3.8, 4) is 5.75 Å². The van der Waals surface area contributed by atoms with E-state index in [9.17, 15) is 28.1 Å². The van der Waals surface area contributed by atoms with Gasteiger partial charge in [-0.2, -0.15) is 0 Å². The van der Waals surface area contributed by atoms with E-state index in [1.165, 1.54) is 24.3 Å². The first-order valence-corrected chi connectivity index (χ1v) is 17.9. The van der Waals surface area contributed by atoms with Crippen molar-refractivity contribution in [1.29, 1.82) is 0 Å². The van der Waals surface area contributed by atoms with Crippen LogP contribution in [0.4, 0.5) is 11.4 Å². The number of sulfonamides is 1. The number of nitrogens with zero attached hydrogens (tertiary/aromatic N) is 2. The van der Waals surface area contributed by atoms with Gasteiger partial charge in [0.15, 0.2) is 0 Å². The lowest BCUT2D eigenvalue weighted by Crippen LogP contribution is -2.43. The maximum absolute atomic E-state index is 13.9. The molecule has 1 saturated heterocycles. The lowest BCUT2D eigenvalue weighted by molar-refractivity contribution is -0.384. The van der Waals surface area contributed by atoms with Crippen LogP contribution in [-0.4, -0.2) is 75.8 Å². The summed E-state index contributed by atoms with van der Waals surface area (Å²) in [6, 6.07) is 20.4. The van der Waals surface area contributed by atoms with Gasteiger partial charge in [0.2, 0.25) is 11.8 Å². The van der Waals surface area contributed by atoms with Gasteiger partial charge in [-0.1, -0.05) is 60.7 Å². The number of morpholine rings is 1. The van der Waals surface area contributed by atoms with Crippen molar-refractivity contribution in [3.05, 3.63) is 119 Å². The van der Waals surface area contributed by atoms with E-state index in [1.54, 1.807) is 48.1 Å². The molecule has 12 nitrogen and oxygen atoms in total. The van der Waals surface area contributed by atoms with Crippen LogP contribution >= 0.6 is 11.8 Å². The Morgan fingerprint density at radius 1 is 1.08 bits per heavy atom. The van der Waals surface area contributed by atoms with Crippen LogP contribution < -0.4 is 14.8 Å². The minimum Gasteiger partial charge on any atom is -0.496 e. The van der Waals surface area contributed by atoms with Crippen LogP contribution in [0.1, 0.15) is 12.0 Å². The summed E-state index contributed by atoms with van der Waals surface area (Å²) in [5.74, 6) is -0.0350. The fraction of sp³-hybridized carbons (Fsp3) is 0.257. The van der Waals surface area contributed by atoms with Crippen LogP contribution in [-0.2, 0) is 24.3 Å². The highest BCUT2D eigenvalue weighted by Gasteiger charge is 2.38. The summed E-state index contributed by atoms with van der Waals surface area (Å²) >= 11 is 1.57. The van der Waals surface area contributed by atoms with Crippen molar-refractivity contribution >= 4 is 50.5 Å². The number of amides is 2. The van der Waals surface area contributed by atoms with Crippen LogP contribution in [0.25, 0.3) is 5.57 Å². The van der Waals surface area contributed by atoms with Crippen molar-refractivity contribution in [2.45, 2.75) is 16.2 Å². The zero-order valence-corrected chi connectivity index (χ0v) is 28.4. The number of allylic oxidation sites excluding steroid dienone is 3. The molecule has 0 spiro atoms. The molecule has 1 atom stereocenters. The third kappa shape index (κ3) is 8.76. The lowest BCUT2D eigenvalue weighted by Gasteiger charge is -2.29. The molecular formula is C35H36N4O8S2. The van der Waals surface area contributed by atoms with E-state index in [0.29, 0.717) is 44.4 Å². The maximum atomic E-state index is 13.9. The number of ether oxygens (including phenoxy) is 2. The van der Waals surface area contributed by atoms with Gasteiger partial charge in [0.1, 0.15) is 11.4 Å². The normalized spacial score (nSPS) is 17.7. The molecule has 14 heteroatoms. The third-order valence-corrected chi connectivity index (χ3v) is 10.4. The SMILES string of the molecule is COc1ccccc1C1=CCC(/C=C/C(=O)N2CCOCC2)(C(=O)NS(=O)(=O)c2ccc(NCCSc3ccccc3)c([N+](=O)[O-])c2)C=C1. The highest BCUT2D eigenvalue weighted by molar-refractivity contribution is 7.99. The Hall–Kier alpha value is -4.92. The van der Waals surface area contributed by atoms with Gasteiger partial charge in [-0.3, -0.25) is 19.7 Å². The zero-order chi connectivity index (χ0) is 34.9. The van der Waals surface area contributed by atoms with Crippen molar-refractivity contribution in [2.75, 3.05) is 51.0 Å². The molecule has 1 fully saturated rings. The second-order valence-corrected chi connectivity index (χ2v) is 14.0. The molecule has 5 rings (SSSR count). The molecule has 1 aliphatic heterocycles. The summed E-state index contributed by atoms with van der Waals surface area (Å²) in [4.78, 5) is 40.3. The number of hydrogen-bond donors (Lipinski definition) is 2. The Balaban J connectivity index is 1.36. The lowest BCUT2D eigenvalue weighted by atomic mass is 9.78. The Morgan fingerprint density at radius 3 is 2.51 bits per heavy atom. The molecule has 1 unspecified atom stereocenters. The van der Waals surface area contributed by atoms with Gasteiger partial charge < -0.3 is 19.7 Å². The molecular weight excluding hydrogens is 669 g/mol. The minimum absolute atomic E-state index is 0.0229. The highest BCUT2D eigenvalue weighted by atomic mass is 32.2. The number of para-hydroxylation sites is 1. The van der Waals surface area contributed by atoms with Crippen LogP contribution in [0.2, 0.25) is 0 Å². The molecule has 1 heterocycles. The minimum atomic E-state index is -4.57. The molecule has 0 aromatic heterocycles. The smallest absolute Gasteiger partial charge is 0.293 e. The molecule has 256 valence electrons. The predicted molar refractivity (Wildman–Crippen MR) is 188 cm³/mol. The Kier molecular flexibility index (Phi) is 11.5. The fourth-order valence-corrected chi connectivity index (χ4v) is 7.19. The number of hydrogen-bond acceptors (Lipinski definition) is 10. The molecule has 2 amide bonds. The van der Waals surface area contributed by atoms with Gasteiger partial charge >= 0.3 is 0 Å². The monoisotopic (exact) mass is 704 g/mol. The number of benzene rings is 3. The Morgan fingerprint density at radius 2 is 1.82 bits per heavy atom. The molecule has 3 aromatic rings. The third-order valence-electron chi connectivity index (χ3n) is 8.04. The molecule has 2 N–H and O–H groups in total. The number of nitro benzene ring substituents is 1. The van der Waals surface area contributed by atoms with Gasteiger partial charge in [0, 0.05) is 48.0 Å². The summed E-state index contributed by atoms with van der Waals surface area (Å²) in [6.07, 6.45) is 7.68. The second kappa shape index (κ2) is 16.0. The first kappa shape index (κ1) is 35.4. The summed E-state index contributed by atoms with van der Waals surface area (Å²) in [5, 5.41) is 14.9. The van der Waals surface area contributed by atoms with Gasteiger partial charge in [-0.05, 0) is 42.3 Å². The molecule has 2 aliphatic rings. The number of methoxy groups -OCH3 is 1. The highest BCUT2D eigenvalue weighted by Crippen LogP contribution is 2.38. The average Bonchev–Trinajstić information content (AvgIpc) is 3.13. The Bertz CT molecular complexity index is 1890. The average molecular weight is 705 g/mol. The van der Waals surface area contributed by atoms with Crippen molar-refractivity contribution < 1.29 is 32.4 Å². The number of anilines is 1. The maximum Gasteiger partial charge on any atom is 0.293 e. The fourth-order valence-electron chi connectivity index (χ4n) is 5.34. The first-order chi connectivity index (χ1) is 23.6. The van der Waals surface area contributed by atoms with E-state index in [4.69, 9.17) is 9.47 Å². The number of carbonyl (C=O) groups is 2. The van der Waals surface area contributed by atoms with E-state index in [0.717, 1.165) is 22.1 Å². The summed E-state index contributed by atoms with van der Waals surface area (Å²) in [7, 11) is -3.02.